The maximum atomic E-state index is 2.54. The molecule has 13 rings (SSSR count). The molecule has 0 bridgehead atoms. The molecular weight excluding hydrogens is 821 g/mol. The zero-order valence-electron chi connectivity index (χ0n) is 37.3. The lowest BCUT2D eigenvalue weighted by Crippen LogP contribution is -2.00. The van der Waals surface area contributed by atoms with E-state index in [1.807, 2.05) is 0 Å². The molecule has 0 atom stereocenters. The molecule has 0 saturated heterocycles. The third-order valence-corrected chi connectivity index (χ3v) is 13.7. The number of fused-ring (bicyclic) bond motifs is 6. The number of rotatable bonds is 8. The molecule has 2 aromatic heterocycles. The summed E-state index contributed by atoms with van der Waals surface area (Å²) in [4.78, 5) is 0. The van der Waals surface area contributed by atoms with E-state index in [4.69, 9.17) is 0 Å². The summed E-state index contributed by atoms with van der Waals surface area (Å²) in [6, 6.07) is 97.6. The third kappa shape index (κ3) is 6.49. The van der Waals surface area contributed by atoms with Crippen LogP contribution in [0.4, 0.5) is 0 Å². The molecule has 0 aliphatic carbocycles. The molecule has 0 amide bonds. The van der Waals surface area contributed by atoms with E-state index in [2.05, 4.69) is 276 Å². The Balaban J connectivity index is 1.19. The molecule has 0 aliphatic rings. The SMILES string of the molecule is c1ccc(-c2ccc(-n3c4ccc(-c5ccc6c(c5)c5ccccc5n6-c5ccccc5)cc4c4c(-c5ccccc5)c(-c5ccccc5)c(-c5ccccc5)c(-c5ccccc5)c43)cc2)cc1. The average Bonchev–Trinajstić information content (AvgIpc) is 3.94. The van der Waals surface area contributed by atoms with Gasteiger partial charge in [0, 0.05) is 49.6 Å². The number of aromatic nitrogens is 2. The summed E-state index contributed by atoms with van der Waals surface area (Å²) in [5.74, 6) is 0. The molecule has 0 unspecified atom stereocenters. The molecule has 318 valence electrons. The zero-order chi connectivity index (χ0) is 45.0. The summed E-state index contributed by atoms with van der Waals surface area (Å²) < 4.78 is 4.93. The fourth-order valence-corrected chi connectivity index (χ4v) is 10.7. The minimum absolute atomic E-state index is 1.11. The monoisotopic (exact) mass is 864 g/mol. The Hall–Kier alpha value is -8.98. The number of hydrogen-bond acceptors (Lipinski definition) is 0. The Morgan fingerprint density at radius 3 is 1.13 bits per heavy atom. The highest BCUT2D eigenvalue weighted by Gasteiger charge is 2.29. The summed E-state index contributed by atoms with van der Waals surface area (Å²) >= 11 is 0. The van der Waals surface area contributed by atoms with Gasteiger partial charge in [-0.05, 0) is 105 Å². The fraction of sp³-hybridized carbons (Fsp3) is 0. The van der Waals surface area contributed by atoms with E-state index in [-0.39, 0.29) is 0 Å². The summed E-state index contributed by atoms with van der Waals surface area (Å²) in [5.41, 5.74) is 21.2. The van der Waals surface area contributed by atoms with Gasteiger partial charge in [0.2, 0.25) is 0 Å². The zero-order valence-corrected chi connectivity index (χ0v) is 37.3. The summed E-state index contributed by atoms with van der Waals surface area (Å²) in [6.45, 7) is 0. The number of para-hydroxylation sites is 2. The molecular formula is C66H44N2. The standard InChI is InChI=1S/C66H44N2/c1-7-21-45(22-8-1)46-35-39-54(40-36-46)68-60-42-38-52(51-37-41-59-56(43-51)55-33-19-20-34-58(55)67(59)53-31-17-6-18-32-53)44-57(60)65-63(49-27-13-4-14-28-49)61(47-23-9-2-10-24-47)62(48-25-11-3-12-26-48)64(66(65)68)50-29-15-5-16-30-50/h1-44H. The van der Waals surface area contributed by atoms with Gasteiger partial charge in [-0.25, -0.2) is 0 Å². The quantitative estimate of drug-likeness (QED) is 0.144. The molecule has 2 heteroatoms. The van der Waals surface area contributed by atoms with Crippen LogP contribution in [0.2, 0.25) is 0 Å². The molecule has 0 spiro atoms. The second-order valence-corrected chi connectivity index (χ2v) is 17.6. The molecule has 0 fully saturated rings. The predicted octanol–water partition coefficient (Wildman–Crippen LogP) is 17.9. The molecule has 68 heavy (non-hydrogen) atoms. The van der Waals surface area contributed by atoms with Gasteiger partial charge in [0.25, 0.3) is 0 Å². The van der Waals surface area contributed by atoms with Gasteiger partial charge in [0.1, 0.15) is 0 Å². The highest BCUT2D eigenvalue weighted by atomic mass is 15.0. The van der Waals surface area contributed by atoms with Gasteiger partial charge in [-0.3, -0.25) is 0 Å². The molecule has 2 nitrogen and oxygen atoms in total. The van der Waals surface area contributed by atoms with Crippen LogP contribution in [0.25, 0.3) is 122 Å². The number of hydrogen-bond donors (Lipinski definition) is 0. The van der Waals surface area contributed by atoms with Gasteiger partial charge in [0.05, 0.1) is 22.1 Å². The molecule has 0 radical (unpaired) electrons. The summed E-state index contributed by atoms with van der Waals surface area (Å²) in [5, 5.41) is 4.89. The normalized spacial score (nSPS) is 11.5. The van der Waals surface area contributed by atoms with Crippen LogP contribution in [0, 0.1) is 0 Å². The van der Waals surface area contributed by atoms with Crippen molar-refractivity contribution in [2.75, 3.05) is 0 Å². The summed E-state index contributed by atoms with van der Waals surface area (Å²) in [7, 11) is 0. The van der Waals surface area contributed by atoms with Crippen molar-refractivity contribution in [2.24, 2.45) is 0 Å². The molecule has 13 aromatic rings. The lowest BCUT2D eigenvalue weighted by Gasteiger charge is -2.24. The largest absolute Gasteiger partial charge is 0.309 e. The van der Waals surface area contributed by atoms with Crippen molar-refractivity contribution in [3.05, 3.63) is 267 Å². The molecule has 11 aromatic carbocycles. The van der Waals surface area contributed by atoms with Crippen LogP contribution in [0.15, 0.2) is 267 Å². The molecule has 2 heterocycles. The van der Waals surface area contributed by atoms with E-state index in [0.29, 0.717) is 0 Å². The molecule has 0 N–H and O–H groups in total. The van der Waals surface area contributed by atoms with Crippen molar-refractivity contribution in [2.45, 2.75) is 0 Å². The van der Waals surface area contributed by atoms with Crippen molar-refractivity contribution in [3.8, 4) is 78.1 Å². The van der Waals surface area contributed by atoms with Crippen LogP contribution in [0.5, 0.6) is 0 Å². The Morgan fingerprint density at radius 2 is 0.574 bits per heavy atom. The first-order chi connectivity index (χ1) is 33.8. The maximum absolute atomic E-state index is 2.54. The van der Waals surface area contributed by atoms with E-state index >= 15 is 0 Å². The van der Waals surface area contributed by atoms with E-state index in [9.17, 15) is 0 Å². The third-order valence-electron chi connectivity index (χ3n) is 13.7. The minimum Gasteiger partial charge on any atom is -0.309 e. The van der Waals surface area contributed by atoms with Gasteiger partial charge in [-0.1, -0.05) is 212 Å². The van der Waals surface area contributed by atoms with Crippen LogP contribution in [0.1, 0.15) is 0 Å². The lowest BCUT2D eigenvalue weighted by molar-refractivity contribution is 1.18. The second kappa shape index (κ2) is 16.5. The van der Waals surface area contributed by atoms with Gasteiger partial charge >= 0.3 is 0 Å². The van der Waals surface area contributed by atoms with Gasteiger partial charge in [-0.2, -0.15) is 0 Å². The Morgan fingerprint density at radius 1 is 0.206 bits per heavy atom. The van der Waals surface area contributed by atoms with Crippen molar-refractivity contribution in [3.63, 3.8) is 0 Å². The van der Waals surface area contributed by atoms with Crippen LogP contribution in [-0.4, -0.2) is 9.13 Å². The minimum atomic E-state index is 1.11. The van der Waals surface area contributed by atoms with E-state index < -0.39 is 0 Å². The van der Waals surface area contributed by atoms with Crippen LogP contribution >= 0.6 is 0 Å². The van der Waals surface area contributed by atoms with Crippen LogP contribution < -0.4 is 0 Å². The predicted molar refractivity (Wildman–Crippen MR) is 288 cm³/mol. The first-order valence-electron chi connectivity index (χ1n) is 23.4. The van der Waals surface area contributed by atoms with Crippen molar-refractivity contribution < 1.29 is 0 Å². The number of nitrogens with zero attached hydrogens (tertiary/aromatic N) is 2. The summed E-state index contributed by atoms with van der Waals surface area (Å²) in [6.07, 6.45) is 0. The first-order valence-corrected chi connectivity index (χ1v) is 23.4. The Kier molecular flexibility index (Phi) is 9.54. The highest BCUT2D eigenvalue weighted by Crippen LogP contribution is 2.54. The van der Waals surface area contributed by atoms with Crippen LogP contribution in [0.3, 0.4) is 0 Å². The van der Waals surface area contributed by atoms with E-state index in [1.54, 1.807) is 0 Å². The molecule has 0 aliphatic heterocycles. The van der Waals surface area contributed by atoms with Crippen molar-refractivity contribution in [1.82, 2.24) is 9.13 Å². The van der Waals surface area contributed by atoms with Gasteiger partial charge in [-0.15, -0.1) is 0 Å². The van der Waals surface area contributed by atoms with Crippen molar-refractivity contribution >= 4 is 43.6 Å². The lowest BCUT2D eigenvalue weighted by atomic mass is 9.80. The van der Waals surface area contributed by atoms with E-state index in [0.717, 1.165) is 16.9 Å². The maximum Gasteiger partial charge on any atom is 0.0632 e. The highest BCUT2D eigenvalue weighted by molar-refractivity contribution is 6.27. The fourth-order valence-electron chi connectivity index (χ4n) is 10.7. The smallest absolute Gasteiger partial charge is 0.0632 e. The topological polar surface area (TPSA) is 9.86 Å². The van der Waals surface area contributed by atoms with Crippen molar-refractivity contribution in [1.29, 1.82) is 0 Å². The van der Waals surface area contributed by atoms with Gasteiger partial charge < -0.3 is 9.13 Å². The second-order valence-electron chi connectivity index (χ2n) is 17.6. The average molecular weight is 865 g/mol. The van der Waals surface area contributed by atoms with Gasteiger partial charge in [0.15, 0.2) is 0 Å². The van der Waals surface area contributed by atoms with Crippen LogP contribution in [-0.2, 0) is 0 Å². The Bertz CT molecular complexity index is 3950. The first kappa shape index (κ1) is 39.4. The molecule has 0 saturated carbocycles. The number of benzene rings is 11. The van der Waals surface area contributed by atoms with E-state index in [1.165, 1.54) is 105 Å². The Labute approximate surface area is 395 Å².